The monoisotopic (exact) mass is 170 g/mol. The maximum absolute atomic E-state index is 5.25. The van der Waals surface area contributed by atoms with E-state index in [0.717, 1.165) is 30.6 Å². The average molecular weight is 170 g/mol. The van der Waals surface area contributed by atoms with Crippen molar-refractivity contribution in [3.63, 3.8) is 0 Å². The molecule has 1 saturated heterocycles. The van der Waals surface area contributed by atoms with Crippen molar-refractivity contribution >= 4 is 11.8 Å². The highest BCUT2D eigenvalue weighted by Gasteiger charge is 2.12. The predicted molar refractivity (Wildman–Crippen MR) is 49.7 cm³/mol. The van der Waals surface area contributed by atoms with Crippen LogP contribution in [0.5, 0.6) is 0 Å². The Morgan fingerprint density at radius 3 is 2.82 bits per heavy atom. The van der Waals surface area contributed by atoms with Gasteiger partial charge < -0.3 is 4.74 Å². The predicted octanol–water partition coefficient (Wildman–Crippen LogP) is 1.92. The quantitative estimate of drug-likeness (QED) is 0.473. The second-order valence-electron chi connectivity index (χ2n) is 2.64. The van der Waals surface area contributed by atoms with Crippen LogP contribution in [0.2, 0.25) is 0 Å². The number of thioether (sulfide) groups is 1. The van der Waals surface area contributed by atoms with E-state index in [9.17, 15) is 0 Å². The van der Waals surface area contributed by atoms with Crippen LogP contribution in [-0.4, -0.2) is 24.2 Å². The molecule has 0 atom stereocenters. The van der Waals surface area contributed by atoms with Gasteiger partial charge in [0.25, 0.3) is 0 Å². The number of rotatable bonds is 3. The van der Waals surface area contributed by atoms with Gasteiger partial charge in [0.05, 0.1) is 0 Å². The Hall–Kier alpha value is -0.130. The third-order valence-corrected chi connectivity index (χ3v) is 3.15. The molecule has 1 aliphatic rings. The Labute approximate surface area is 72.9 Å². The zero-order valence-corrected chi connectivity index (χ0v) is 7.53. The first kappa shape index (κ1) is 8.96. The van der Waals surface area contributed by atoms with Gasteiger partial charge in [0.15, 0.2) is 0 Å². The lowest BCUT2D eigenvalue weighted by atomic mass is 10.2. The smallest absolute Gasteiger partial charge is 0.0476 e. The zero-order valence-electron chi connectivity index (χ0n) is 6.71. The lowest BCUT2D eigenvalue weighted by Crippen LogP contribution is -2.17. The summed E-state index contributed by atoms with van der Waals surface area (Å²) in [5.74, 6) is 3.77. The summed E-state index contributed by atoms with van der Waals surface area (Å²) >= 11 is 2.00. The molecule has 2 heteroatoms. The van der Waals surface area contributed by atoms with Crippen LogP contribution in [0.3, 0.4) is 0 Å². The second kappa shape index (κ2) is 5.51. The summed E-state index contributed by atoms with van der Waals surface area (Å²) in [6, 6.07) is 0. The molecule has 11 heavy (non-hydrogen) atoms. The third-order valence-electron chi connectivity index (χ3n) is 1.77. The third kappa shape index (κ3) is 3.69. The maximum Gasteiger partial charge on any atom is 0.0476 e. The van der Waals surface area contributed by atoms with E-state index in [1.54, 1.807) is 0 Å². The van der Waals surface area contributed by atoms with Crippen molar-refractivity contribution < 1.29 is 4.74 Å². The molecule has 0 aromatic heterocycles. The van der Waals surface area contributed by atoms with Crippen molar-refractivity contribution in [1.29, 1.82) is 0 Å². The van der Waals surface area contributed by atoms with Crippen molar-refractivity contribution in [3.05, 3.63) is 0 Å². The minimum absolute atomic E-state index is 0.803. The van der Waals surface area contributed by atoms with Gasteiger partial charge in [0.1, 0.15) is 0 Å². The van der Waals surface area contributed by atoms with Gasteiger partial charge >= 0.3 is 0 Å². The summed E-state index contributed by atoms with van der Waals surface area (Å²) in [7, 11) is 0. The minimum Gasteiger partial charge on any atom is -0.381 e. The fraction of sp³-hybridized carbons (Fsp3) is 0.778. The Balaban J connectivity index is 2.01. The molecule has 0 unspecified atom stereocenters. The van der Waals surface area contributed by atoms with Gasteiger partial charge in [-0.3, -0.25) is 0 Å². The Morgan fingerprint density at radius 1 is 1.45 bits per heavy atom. The van der Waals surface area contributed by atoms with Gasteiger partial charge in [-0.05, 0) is 12.8 Å². The van der Waals surface area contributed by atoms with Gasteiger partial charge in [0.2, 0.25) is 0 Å². The normalized spacial score (nSPS) is 19.5. The van der Waals surface area contributed by atoms with Crippen LogP contribution in [0.4, 0.5) is 0 Å². The van der Waals surface area contributed by atoms with Crippen LogP contribution in [-0.2, 0) is 4.74 Å². The topological polar surface area (TPSA) is 9.23 Å². The highest BCUT2D eigenvalue weighted by Crippen LogP contribution is 2.22. The van der Waals surface area contributed by atoms with Crippen LogP contribution >= 0.6 is 11.8 Å². The minimum atomic E-state index is 0.803. The van der Waals surface area contributed by atoms with E-state index >= 15 is 0 Å². The Morgan fingerprint density at radius 2 is 2.18 bits per heavy atom. The largest absolute Gasteiger partial charge is 0.381 e. The van der Waals surface area contributed by atoms with Gasteiger partial charge in [0, 0.05) is 30.6 Å². The first-order valence-electron chi connectivity index (χ1n) is 4.06. The summed E-state index contributed by atoms with van der Waals surface area (Å²) < 4.78 is 5.25. The van der Waals surface area contributed by atoms with E-state index in [0.29, 0.717) is 0 Å². The first-order chi connectivity index (χ1) is 5.43. The molecule has 0 aliphatic carbocycles. The molecule has 1 nitrogen and oxygen atoms in total. The van der Waals surface area contributed by atoms with E-state index in [-0.39, 0.29) is 0 Å². The SMILES string of the molecule is C#CCCSC1CCOCC1. The highest BCUT2D eigenvalue weighted by atomic mass is 32.2. The molecule has 0 aromatic carbocycles. The number of terminal acetylenes is 1. The fourth-order valence-electron chi connectivity index (χ4n) is 1.13. The van der Waals surface area contributed by atoms with Crippen LogP contribution in [0.15, 0.2) is 0 Å². The summed E-state index contributed by atoms with van der Waals surface area (Å²) in [4.78, 5) is 0. The number of ether oxygens (including phenoxy) is 1. The van der Waals surface area contributed by atoms with Crippen molar-refractivity contribution in [2.75, 3.05) is 19.0 Å². The molecular weight excluding hydrogens is 156 g/mol. The molecule has 0 N–H and O–H groups in total. The zero-order chi connectivity index (χ0) is 7.94. The fourth-order valence-corrected chi connectivity index (χ4v) is 2.22. The van der Waals surface area contributed by atoms with E-state index in [4.69, 9.17) is 11.2 Å². The molecule has 0 amide bonds. The molecule has 1 rings (SSSR count). The van der Waals surface area contributed by atoms with Crippen molar-refractivity contribution in [2.24, 2.45) is 0 Å². The molecule has 0 saturated carbocycles. The van der Waals surface area contributed by atoms with E-state index in [1.807, 2.05) is 11.8 Å². The average Bonchev–Trinajstić information content (AvgIpc) is 2.07. The molecule has 0 bridgehead atoms. The highest BCUT2D eigenvalue weighted by molar-refractivity contribution is 7.99. The van der Waals surface area contributed by atoms with E-state index in [1.165, 1.54) is 12.8 Å². The van der Waals surface area contributed by atoms with Gasteiger partial charge in [-0.25, -0.2) is 0 Å². The summed E-state index contributed by atoms with van der Waals surface area (Å²) in [5.41, 5.74) is 0. The summed E-state index contributed by atoms with van der Waals surface area (Å²) in [6.45, 7) is 1.88. The maximum atomic E-state index is 5.25. The van der Waals surface area contributed by atoms with Gasteiger partial charge in [-0.15, -0.1) is 12.3 Å². The lowest BCUT2D eigenvalue weighted by Gasteiger charge is -2.20. The molecule has 0 spiro atoms. The standard InChI is InChI=1S/C9H14OS/c1-2-3-8-11-9-4-6-10-7-5-9/h1,9H,3-8H2. The molecule has 1 fully saturated rings. The Kier molecular flexibility index (Phi) is 4.49. The van der Waals surface area contributed by atoms with Crippen molar-refractivity contribution in [2.45, 2.75) is 24.5 Å². The van der Waals surface area contributed by atoms with Crippen LogP contribution < -0.4 is 0 Å². The molecule has 0 aromatic rings. The molecule has 0 radical (unpaired) electrons. The summed E-state index contributed by atoms with van der Waals surface area (Å²) in [5, 5.41) is 0.803. The lowest BCUT2D eigenvalue weighted by molar-refractivity contribution is 0.100. The van der Waals surface area contributed by atoms with Gasteiger partial charge in [-0.1, -0.05) is 0 Å². The molecule has 1 heterocycles. The van der Waals surface area contributed by atoms with Crippen LogP contribution in [0.25, 0.3) is 0 Å². The van der Waals surface area contributed by atoms with E-state index < -0.39 is 0 Å². The number of hydrogen-bond acceptors (Lipinski definition) is 2. The number of hydrogen-bond donors (Lipinski definition) is 0. The van der Waals surface area contributed by atoms with Crippen LogP contribution in [0.1, 0.15) is 19.3 Å². The van der Waals surface area contributed by atoms with Crippen molar-refractivity contribution in [1.82, 2.24) is 0 Å². The van der Waals surface area contributed by atoms with Crippen LogP contribution in [0, 0.1) is 12.3 Å². The Bertz CT molecular complexity index is 133. The van der Waals surface area contributed by atoms with Crippen molar-refractivity contribution in [3.8, 4) is 12.3 Å². The summed E-state index contributed by atoms with van der Waals surface area (Å²) in [6.07, 6.45) is 8.47. The second-order valence-corrected chi connectivity index (χ2v) is 4.04. The molecule has 1 aliphatic heterocycles. The van der Waals surface area contributed by atoms with Gasteiger partial charge in [-0.2, -0.15) is 11.8 Å². The molecule has 62 valence electrons. The van der Waals surface area contributed by atoms with E-state index in [2.05, 4.69) is 5.92 Å². The molecular formula is C9H14OS. The first-order valence-corrected chi connectivity index (χ1v) is 5.11.